The van der Waals surface area contributed by atoms with Gasteiger partial charge in [0.15, 0.2) is 11.5 Å². The Morgan fingerprint density at radius 1 is 0.958 bits per heavy atom. The molecule has 0 bridgehead atoms. The Hall–Kier alpha value is -3.02. The minimum atomic E-state index is -0.278. The van der Waals surface area contributed by atoms with Crippen LogP contribution < -0.4 is 20.1 Å². The maximum Gasteiger partial charge on any atom is 0.255 e. The van der Waals surface area contributed by atoms with Gasteiger partial charge in [-0.15, -0.1) is 0 Å². The molecular formula is C18H18N2O4. The van der Waals surface area contributed by atoms with Gasteiger partial charge in [-0.1, -0.05) is 6.07 Å². The fourth-order valence-corrected chi connectivity index (χ4v) is 2.39. The Morgan fingerprint density at radius 2 is 1.71 bits per heavy atom. The van der Waals surface area contributed by atoms with Gasteiger partial charge in [0.2, 0.25) is 0 Å². The van der Waals surface area contributed by atoms with Gasteiger partial charge in [-0.2, -0.15) is 0 Å². The van der Waals surface area contributed by atoms with Crippen LogP contribution in [0.25, 0.3) is 0 Å². The monoisotopic (exact) mass is 326 g/mol. The van der Waals surface area contributed by atoms with Crippen molar-refractivity contribution in [2.75, 3.05) is 25.1 Å². The topological polar surface area (TPSA) is 76.7 Å². The normalized spacial score (nSPS) is 12.4. The van der Waals surface area contributed by atoms with Crippen LogP contribution in [0, 0.1) is 0 Å². The lowest BCUT2D eigenvalue weighted by atomic mass is 10.1. The fourth-order valence-electron chi connectivity index (χ4n) is 2.39. The highest BCUT2D eigenvalue weighted by Crippen LogP contribution is 2.31. The molecule has 2 aromatic carbocycles. The molecule has 0 spiro atoms. The van der Waals surface area contributed by atoms with Crippen LogP contribution in [0.15, 0.2) is 42.5 Å². The fraction of sp³-hybridized carbons (Fsp3) is 0.222. The molecule has 0 radical (unpaired) electrons. The molecule has 0 fully saturated rings. The number of benzene rings is 2. The Morgan fingerprint density at radius 3 is 2.50 bits per heavy atom. The minimum absolute atomic E-state index is 0.173. The van der Waals surface area contributed by atoms with Gasteiger partial charge in [0.25, 0.3) is 11.8 Å². The number of anilines is 1. The first-order chi connectivity index (χ1) is 11.7. The third-order valence-electron chi connectivity index (χ3n) is 3.52. The number of amides is 2. The van der Waals surface area contributed by atoms with Crippen molar-refractivity contribution in [1.29, 1.82) is 0 Å². The predicted molar refractivity (Wildman–Crippen MR) is 89.8 cm³/mol. The molecule has 6 heteroatoms. The van der Waals surface area contributed by atoms with Crippen LogP contribution in [0.3, 0.4) is 0 Å². The zero-order valence-electron chi connectivity index (χ0n) is 13.3. The number of carbonyl (C=O) groups is 2. The number of rotatable bonds is 4. The smallest absolute Gasteiger partial charge is 0.255 e. The van der Waals surface area contributed by atoms with Crippen LogP contribution in [0.5, 0.6) is 11.5 Å². The molecule has 3 rings (SSSR count). The lowest BCUT2D eigenvalue weighted by molar-refractivity contribution is 0.0954. The second-order valence-electron chi connectivity index (χ2n) is 5.25. The molecule has 2 amide bonds. The van der Waals surface area contributed by atoms with Crippen molar-refractivity contribution < 1.29 is 19.1 Å². The first kappa shape index (κ1) is 15.9. The highest BCUT2D eigenvalue weighted by molar-refractivity contribution is 6.05. The van der Waals surface area contributed by atoms with Crippen molar-refractivity contribution in [3.8, 4) is 11.5 Å². The molecule has 0 aliphatic carbocycles. The molecule has 0 saturated carbocycles. The SMILES string of the molecule is CCNC(=O)c1cccc(NC(=O)c2ccc3c(c2)OCCO3)c1. The first-order valence-corrected chi connectivity index (χ1v) is 7.76. The van der Waals surface area contributed by atoms with Crippen LogP contribution in [-0.2, 0) is 0 Å². The van der Waals surface area contributed by atoms with Gasteiger partial charge < -0.3 is 20.1 Å². The van der Waals surface area contributed by atoms with Crippen LogP contribution >= 0.6 is 0 Å². The van der Waals surface area contributed by atoms with Crippen molar-refractivity contribution in [2.24, 2.45) is 0 Å². The standard InChI is InChI=1S/C18H18N2O4/c1-2-19-17(21)12-4-3-5-14(10-12)20-18(22)13-6-7-15-16(11-13)24-9-8-23-15/h3-7,10-11H,2,8-9H2,1H3,(H,19,21)(H,20,22). The van der Waals surface area contributed by atoms with E-state index in [4.69, 9.17) is 9.47 Å². The maximum atomic E-state index is 12.4. The third kappa shape index (κ3) is 3.48. The summed E-state index contributed by atoms with van der Waals surface area (Å²) in [4.78, 5) is 24.3. The summed E-state index contributed by atoms with van der Waals surface area (Å²) in [5, 5.41) is 5.51. The molecular weight excluding hydrogens is 308 g/mol. The summed E-state index contributed by atoms with van der Waals surface area (Å²) in [6, 6.07) is 11.8. The van der Waals surface area contributed by atoms with Gasteiger partial charge in [-0.25, -0.2) is 0 Å². The van der Waals surface area contributed by atoms with E-state index in [1.54, 1.807) is 42.5 Å². The number of carbonyl (C=O) groups excluding carboxylic acids is 2. The molecule has 1 aliphatic rings. The van der Waals surface area contributed by atoms with E-state index in [1.807, 2.05) is 6.92 Å². The number of nitrogens with one attached hydrogen (secondary N) is 2. The molecule has 1 heterocycles. The van der Waals surface area contributed by atoms with Gasteiger partial charge in [0.05, 0.1) is 0 Å². The van der Waals surface area contributed by atoms with E-state index in [0.717, 1.165) is 0 Å². The molecule has 0 unspecified atom stereocenters. The summed E-state index contributed by atoms with van der Waals surface area (Å²) >= 11 is 0. The average Bonchev–Trinajstić information content (AvgIpc) is 2.61. The molecule has 2 aromatic rings. The van der Waals surface area contributed by atoms with E-state index < -0.39 is 0 Å². The summed E-state index contributed by atoms with van der Waals surface area (Å²) in [7, 11) is 0. The van der Waals surface area contributed by atoms with Crippen LogP contribution in [0.1, 0.15) is 27.6 Å². The zero-order valence-corrected chi connectivity index (χ0v) is 13.3. The Bertz CT molecular complexity index is 773. The van der Waals surface area contributed by atoms with Crippen molar-refractivity contribution in [3.05, 3.63) is 53.6 Å². The largest absolute Gasteiger partial charge is 0.486 e. The van der Waals surface area contributed by atoms with E-state index >= 15 is 0 Å². The number of fused-ring (bicyclic) bond motifs is 1. The van der Waals surface area contributed by atoms with Gasteiger partial charge in [0.1, 0.15) is 13.2 Å². The highest BCUT2D eigenvalue weighted by atomic mass is 16.6. The van der Waals surface area contributed by atoms with Gasteiger partial charge >= 0.3 is 0 Å². The minimum Gasteiger partial charge on any atom is -0.486 e. The van der Waals surface area contributed by atoms with Gasteiger partial charge in [-0.05, 0) is 43.3 Å². The quantitative estimate of drug-likeness (QED) is 0.905. The van der Waals surface area contributed by atoms with E-state index in [-0.39, 0.29) is 11.8 Å². The Kier molecular flexibility index (Phi) is 4.65. The van der Waals surface area contributed by atoms with Crippen LogP contribution in [0.4, 0.5) is 5.69 Å². The van der Waals surface area contributed by atoms with Crippen molar-refractivity contribution >= 4 is 17.5 Å². The summed E-state index contributed by atoms with van der Waals surface area (Å²) in [5.74, 6) is 0.744. The van der Waals surface area contributed by atoms with Crippen molar-refractivity contribution in [3.63, 3.8) is 0 Å². The predicted octanol–water partition coefficient (Wildman–Crippen LogP) is 2.46. The van der Waals surface area contributed by atoms with E-state index in [2.05, 4.69) is 10.6 Å². The van der Waals surface area contributed by atoms with Crippen molar-refractivity contribution in [2.45, 2.75) is 6.92 Å². The molecule has 0 saturated heterocycles. The molecule has 6 nitrogen and oxygen atoms in total. The molecule has 1 aliphatic heterocycles. The Balaban J connectivity index is 1.75. The van der Waals surface area contributed by atoms with Gasteiger partial charge in [-0.3, -0.25) is 9.59 Å². The zero-order chi connectivity index (χ0) is 16.9. The van der Waals surface area contributed by atoms with E-state index in [0.29, 0.717) is 48.1 Å². The molecule has 0 aromatic heterocycles. The average molecular weight is 326 g/mol. The molecule has 24 heavy (non-hydrogen) atoms. The number of hydrogen-bond acceptors (Lipinski definition) is 4. The number of hydrogen-bond donors (Lipinski definition) is 2. The van der Waals surface area contributed by atoms with Crippen molar-refractivity contribution in [1.82, 2.24) is 5.32 Å². The lowest BCUT2D eigenvalue weighted by Gasteiger charge is -2.18. The third-order valence-corrected chi connectivity index (χ3v) is 3.52. The molecule has 2 N–H and O–H groups in total. The first-order valence-electron chi connectivity index (χ1n) is 7.76. The highest BCUT2D eigenvalue weighted by Gasteiger charge is 2.15. The lowest BCUT2D eigenvalue weighted by Crippen LogP contribution is -2.22. The van der Waals surface area contributed by atoms with Crippen LogP contribution in [0.2, 0.25) is 0 Å². The summed E-state index contributed by atoms with van der Waals surface area (Å²) in [6.07, 6.45) is 0. The van der Waals surface area contributed by atoms with Crippen LogP contribution in [-0.4, -0.2) is 31.6 Å². The molecule has 124 valence electrons. The Labute approximate surface area is 139 Å². The molecule has 0 atom stereocenters. The van der Waals surface area contributed by atoms with E-state index in [1.165, 1.54) is 0 Å². The summed E-state index contributed by atoms with van der Waals surface area (Å²) in [6.45, 7) is 3.37. The summed E-state index contributed by atoms with van der Waals surface area (Å²) in [5.41, 5.74) is 1.51. The number of ether oxygens (including phenoxy) is 2. The van der Waals surface area contributed by atoms with Gasteiger partial charge in [0, 0.05) is 23.4 Å². The van der Waals surface area contributed by atoms with E-state index in [9.17, 15) is 9.59 Å². The maximum absolute atomic E-state index is 12.4. The second kappa shape index (κ2) is 7.04. The second-order valence-corrected chi connectivity index (χ2v) is 5.25. The summed E-state index contributed by atoms with van der Waals surface area (Å²) < 4.78 is 10.9.